The van der Waals surface area contributed by atoms with Crippen molar-refractivity contribution < 1.29 is 0 Å². The zero-order valence-electron chi connectivity index (χ0n) is 12.8. The summed E-state index contributed by atoms with van der Waals surface area (Å²) in [6.45, 7) is 9.35. The fourth-order valence-corrected chi connectivity index (χ4v) is 4.12. The standard InChI is InChI=1S/C15H20N4S2/c1-5-12-6-17-14(21-12)11(4)16-7-13-10(3)18-15-19(13)8-9(2)20-15/h6,8,11,16H,5,7H2,1-4H3. The second-order valence-electron chi connectivity index (χ2n) is 5.26. The summed E-state index contributed by atoms with van der Waals surface area (Å²) in [4.78, 5) is 12.9. The first kappa shape index (κ1) is 14.7. The van der Waals surface area contributed by atoms with Crippen LogP contribution in [-0.4, -0.2) is 14.4 Å². The Labute approximate surface area is 132 Å². The predicted octanol–water partition coefficient (Wildman–Crippen LogP) is 3.88. The topological polar surface area (TPSA) is 42.2 Å². The molecule has 1 unspecified atom stereocenters. The molecule has 0 aliphatic rings. The van der Waals surface area contributed by atoms with Crippen LogP contribution in [0.15, 0.2) is 12.4 Å². The molecule has 0 saturated heterocycles. The molecule has 6 heteroatoms. The zero-order chi connectivity index (χ0) is 15.0. The summed E-state index contributed by atoms with van der Waals surface area (Å²) in [6.07, 6.45) is 5.21. The van der Waals surface area contributed by atoms with Gasteiger partial charge in [0.05, 0.1) is 17.4 Å². The highest BCUT2D eigenvalue weighted by Crippen LogP contribution is 2.23. The molecule has 0 aromatic carbocycles. The lowest BCUT2D eigenvalue weighted by atomic mass is 10.3. The fourth-order valence-electron chi connectivity index (χ4n) is 2.35. The van der Waals surface area contributed by atoms with Crippen molar-refractivity contribution in [2.45, 2.75) is 46.7 Å². The van der Waals surface area contributed by atoms with Crippen LogP contribution in [0.2, 0.25) is 0 Å². The molecule has 0 bridgehead atoms. The predicted molar refractivity (Wildman–Crippen MR) is 89.3 cm³/mol. The van der Waals surface area contributed by atoms with Gasteiger partial charge in [-0.15, -0.1) is 22.7 Å². The molecule has 3 aromatic rings. The van der Waals surface area contributed by atoms with E-state index in [0.717, 1.165) is 28.6 Å². The molecule has 4 nitrogen and oxygen atoms in total. The van der Waals surface area contributed by atoms with Crippen LogP contribution in [-0.2, 0) is 13.0 Å². The first-order chi connectivity index (χ1) is 10.1. The van der Waals surface area contributed by atoms with Crippen molar-refractivity contribution in [3.05, 3.63) is 38.5 Å². The third-order valence-electron chi connectivity index (χ3n) is 3.61. The summed E-state index contributed by atoms with van der Waals surface area (Å²) in [6, 6.07) is 0.264. The minimum absolute atomic E-state index is 0.264. The van der Waals surface area contributed by atoms with E-state index in [1.54, 1.807) is 22.7 Å². The van der Waals surface area contributed by atoms with E-state index in [2.05, 4.69) is 53.6 Å². The van der Waals surface area contributed by atoms with Crippen molar-refractivity contribution in [2.75, 3.05) is 0 Å². The molecule has 0 radical (unpaired) electrons. The maximum Gasteiger partial charge on any atom is 0.194 e. The van der Waals surface area contributed by atoms with Crippen LogP contribution >= 0.6 is 22.7 Å². The summed E-state index contributed by atoms with van der Waals surface area (Å²) >= 11 is 3.53. The zero-order valence-corrected chi connectivity index (χ0v) is 14.4. The van der Waals surface area contributed by atoms with Crippen molar-refractivity contribution >= 4 is 27.6 Å². The van der Waals surface area contributed by atoms with Gasteiger partial charge in [0.15, 0.2) is 4.96 Å². The van der Waals surface area contributed by atoms with Crippen molar-refractivity contribution in [2.24, 2.45) is 0 Å². The Morgan fingerprint density at radius 2 is 2.14 bits per heavy atom. The van der Waals surface area contributed by atoms with E-state index in [-0.39, 0.29) is 6.04 Å². The number of nitrogens with one attached hydrogen (secondary N) is 1. The van der Waals surface area contributed by atoms with Crippen LogP contribution in [0.25, 0.3) is 4.96 Å². The molecule has 0 amide bonds. The van der Waals surface area contributed by atoms with Gasteiger partial charge in [0.25, 0.3) is 0 Å². The van der Waals surface area contributed by atoms with Crippen molar-refractivity contribution in [1.29, 1.82) is 0 Å². The number of fused-ring (bicyclic) bond motifs is 1. The third kappa shape index (κ3) is 2.88. The molecule has 1 N–H and O–H groups in total. The van der Waals surface area contributed by atoms with Crippen molar-refractivity contribution in [1.82, 2.24) is 19.7 Å². The highest BCUT2D eigenvalue weighted by molar-refractivity contribution is 7.17. The molecule has 0 saturated carbocycles. The van der Waals surface area contributed by atoms with Crippen LogP contribution in [0.5, 0.6) is 0 Å². The summed E-state index contributed by atoms with van der Waals surface area (Å²) in [5.41, 5.74) is 2.35. The molecule has 0 spiro atoms. The van der Waals surface area contributed by atoms with Gasteiger partial charge in [-0.25, -0.2) is 9.97 Å². The maximum absolute atomic E-state index is 4.63. The van der Waals surface area contributed by atoms with Crippen LogP contribution < -0.4 is 5.32 Å². The number of hydrogen-bond donors (Lipinski definition) is 1. The molecule has 0 aliphatic carbocycles. The van der Waals surface area contributed by atoms with Gasteiger partial charge in [-0.05, 0) is 27.2 Å². The normalized spacial score (nSPS) is 13.1. The molecule has 0 aliphatic heterocycles. The lowest BCUT2D eigenvalue weighted by Gasteiger charge is -2.11. The Morgan fingerprint density at radius 3 is 2.86 bits per heavy atom. The molecule has 3 rings (SSSR count). The quantitative estimate of drug-likeness (QED) is 0.775. The van der Waals surface area contributed by atoms with Gasteiger partial charge in [-0.3, -0.25) is 4.40 Å². The number of aromatic nitrogens is 3. The monoisotopic (exact) mass is 320 g/mol. The number of aryl methyl sites for hydroxylation is 3. The van der Waals surface area contributed by atoms with Gasteiger partial charge in [-0.2, -0.15) is 0 Å². The van der Waals surface area contributed by atoms with Gasteiger partial charge >= 0.3 is 0 Å². The van der Waals surface area contributed by atoms with Crippen LogP contribution in [0, 0.1) is 13.8 Å². The van der Waals surface area contributed by atoms with Crippen LogP contribution in [0.1, 0.15) is 46.0 Å². The Bertz CT molecular complexity index is 753. The average molecular weight is 320 g/mol. The van der Waals surface area contributed by atoms with Gasteiger partial charge < -0.3 is 5.32 Å². The van der Waals surface area contributed by atoms with Gasteiger partial charge in [0, 0.05) is 28.7 Å². The molecular formula is C15H20N4S2. The maximum atomic E-state index is 4.63. The molecule has 112 valence electrons. The summed E-state index contributed by atoms with van der Waals surface area (Å²) in [5.74, 6) is 0. The third-order valence-corrected chi connectivity index (χ3v) is 5.83. The molecule has 1 atom stereocenters. The molecule has 0 fully saturated rings. The van der Waals surface area contributed by atoms with Crippen molar-refractivity contribution in [3.8, 4) is 0 Å². The average Bonchev–Trinajstić information content (AvgIpc) is 3.11. The van der Waals surface area contributed by atoms with Gasteiger partial charge in [0.1, 0.15) is 5.01 Å². The first-order valence-corrected chi connectivity index (χ1v) is 8.83. The van der Waals surface area contributed by atoms with E-state index in [1.807, 2.05) is 6.20 Å². The number of nitrogens with zero attached hydrogens (tertiary/aromatic N) is 3. The number of rotatable bonds is 5. The SMILES string of the molecule is CCc1cnc(C(C)NCc2c(C)nc3sc(C)cn23)s1. The van der Waals surface area contributed by atoms with Gasteiger partial charge in [0.2, 0.25) is 0 Å². The Morgan fingerprint density at radius 1 is 1.33 bits per heavy atom. The summed E-state index contributed by atoms with van der Waals surface area (Å²) in [5, 5.41) is 4.73. The molecular weight excluding hydrogens is 300 g/mol. The second-order valence-corrected chi connectivity index (χ2v) is 7.62. The smallest absolute Gasteiger partial charge is 0.194 e. The number of thiazole rings is 2. The lowest BCUT2D eigenvalue weighted by Crippen LogP contribution is -2.19. The minimum atomic E-state index is 0.264. The number of hydrogen-bond acceptors (Lipinski definition) is 5. The molecule has 21 heavy (non-hydrogen) atoms. The highest BCUT2D eigenvalue weighted by atomic mass is 32.1. The fraction of sp³-hybridized carbons (Fsp3) is 0.467. The first-order valence-electron chi connectivity index (χ1n) is 7.20. The number of imidazole rings is 1. The van der Waals surface area contributed by atoms with E-state index >= 15 is 0 Å². The Balaban J connectivity index is 1.75. The Hall–Kier alpha value is -1.24. The summed E-state index contributed by atoms with van der Waals surface area (Å²) in [7, 11) is 0. The van der Waals surface area contributed by atoms with Gasteiger partial charge in [-0.1, -0.05) is 6.92 Å². The van der Waals surface area contributed by atoms with Crippen LogP contribution in [0.4, 0.5) is 0 Å². The minimum Gasteiger partial charge on any atom is -0.302 e. The van der Waals surface area contributed by atoms with E-state index in [0.29, 0.717) is 0 Å². The van der Waals surface area contributed by atoms with Crippen LogP contribution in [0.3, 0.4) is 0 Å². The lowest BCUT2D eigenvalue weighted by molar-refractivity contribution is 0.562. The van der Waals surface area contributed by atoms with E-state index < -0.39 is 0 Å². The molecule has 3 heterocycles. The Kier molecular flexibility index (Phi) is 4.10. The largest absolute Gasteiger partial charge is 0.302 e. The summed E-state index contributed by atoms with van der Waals surface area (Å²) < 4.78 is 2.20. The highest BCUT2D eigenvalue weighted by Gasteiger charge is 2.14. The molecule has 3 aromatic heterocycles. The van der Waals surface area contributed by atoms with E-state index in [4.69, 9.17) is 0 Å². The van der Waals surface area contributed by atoms with Crippen molar-refractivity contribution in [3.63, 3.8) is 0 Å². The van der Waals surface area contributed by atoms with E-state index in [1.165, 1.54) is 15.4 Å². The second kappa shape index (κ2) is 5.87. The van der Waals surface area contributed by atoms with E-state index in [9.17, 15) is 0 Å².